The van der Waals surface area contributed by atoms with Crippen molar-refractivity contribution in [2.75, 3.05) is 19.0 Å². The van der Waals surface area contributed by atoms with E-state index in [1.54, 1.807) is 33.1 Å². The Morgan fingerprint density at radius 3 is 2.24 bits per heavy atom. The molecule has 0 unspecified atom stereocenters. The molecule has 2 aromatic carbocycles. The summed E-state index contributed by atoms with van der Waals surface area (Å²) in [6, 6.07) is 14.8. The van der Waals surface area contributed by atoms with E-state index >= 15 is 0 Å². The first-order chi connectivity index (χ1) is 13.8. The minimum atomic E-state index is -1.24. The van der Waals surface area contributed by atoms with Gasteiger partial charge in [0, 0.05) is 6.54 Å². The van der Waals surface area contributed by atoms with Crippen LogP contribution in [0, 0.1) is 5.41 Å². The fourth-order valence-electron chi connectivity index (χ4n) is 2.75. The van der Waals surface area contributed by atoms with Crippen molar-refractivity contribution in [3.63, 3.8) is 0 Å². The SMILES string of the molecule is COc1ccccc1CCNC(=O)C(C)(C)C(=O)Nc1ccccc1OC(C)C. The van der Waals surface area contributed by atoms with E-state index in [1.165, 1.54) is 0 Å². The number of carbonyl (C=O) groups is 2. The van der Waals surface area contributed by atoms with Crippen molar-refractivity contribution in [1.82, 2.24) is 5.32 Å². The van der Waals surface area contributed by atoms with Gasteiger partial charge in [-0.15, -0.1) is 0 Å². The topological polar surface area (TPSA) is 76.7 Å². The molecule has 0 bridgehead atoms. The van der Waals surface area contributed by atoms with Gasteiger partial charge in [0.1, 0.15) is 16.9 Å². The Morgan fingerprint density at radius 2 is 1.59 bits per heavy atom. The fraction of sp³-hybridized carbons (Fsp3) is 0.391. The number of hydrogen-bond acceptors (Lipinski definition) is 4. The molecule has 0 atom stereocenters. The molecular weight excluding hydrogens is 368 g/mol. The van der Waals surface area contributed by atoms with Gasteiger partial charge in [0.2, 0.25) is 11.8 Å². The summed E-state index contributed by atoms with van der Waals surface area (Å²) in [5.41, 5.74) is 0.296. The Morgan fingerprint density at radius 1 is 0.966 bits per heavy atom. The van der Waals surface area contributed by atoms with E-state index in [0.717, 1.165) is 11.3 Å². The van der Waals surface area contributed by atoms with E-state index in [1.807, 2.05) is 50.2 Å². The van der Waals surface area contributed by atoms with Crippen LogP contribution in [0.4, 0.5) is 5.69 Å². The molecule has 0 aliphatic heterocycles. The average Bonchev–Trinajstić information content (AvgIpc) is 2.69. The van der Waals surface area contributed by atoms with Gasteiger partial charge in [0.25, 0.3) is 0 Å². The number of para-hydroxylation sites is 3. The summed E-state index contributed by atoms with van der Waals surface area (Å²) in [4.78, 5) is 25.5. The van der Waals surface area contributed by atoms with Gasteiger partial charge < -0.3 is 20.1 Å². The first kappa shape index (κ1) is 22.3. The summed E-state index contributed by atoms with van der Waals surface area (Å²) >= 11 is 0. The summed E-state index contributed by atoms with van der Waals surface area (Å²) in [6.45, 7) is 7.44. The molecule has 156 valence electrons. The van der Waals surface area contributed by atoms with Crippen LogP contribution in [-0.2, 0) is 16.0 Å². The largest absolute Gasteiger partial charge is 0.496 e. The summed E-state index contributed by atoms with van der Waals surface area (Å²) in [5, 5.41) is 5.67. The predicted molar refractivity (Wildman–Crippen MR) is 114 cm³/mol. The lowest BCUT2D eigenvalue weighted by atomic mass is 9.90. The molecular formula is C23H30N2O4. The molecule has 0 saturated heterocycles. The van der Waals surface area contributed by atoms with Crippen LogP contribution in [0.1, 0.15) is 33.3 Å². The monoisotopic (exact) mass is 398 g/mol. The van der Waals surface area contributed by atoms with E-state index in [9.17, 15) is 9.59 Å². The van der Waals surface area contributed by atoms with Crippen molar-refractivity contribution in [2.45, 2.75) is 40.2 Å². The van der Waals surface area contributed by atoms with Crippen LogP contribution in [0.2, 0.25) is 0 Å². The van der Waals surface area contributed by atoms with Gasteiger partial charge in [-0.2, -0.15) is 0 Å². The van der Waals surface area contributed by atoms with Gasteiger partial charge in [-0.25, -0.2) is 0 Å². The van der Waals surface area contributed by atoms with Gasteiger partial charge in [-0.05, 0) is 57.9 Å². The highest BCUT2D eigenvalue weighted by Crippen LogP contribution is 2.27. The highest BCUT2D eigenvalue weighted by atomic mass is 16.5. The molecule has 0 fully saturated rings. The second-order valence-corrected chi connectivity index (χ2v) is 7.56. The minimum Gasteiger partial charge on any atom is -0.496 e. The zero-order chi connectivity index (χ0) is 21.4. The molecule has 0 saturated carbocycles. The van der Waals surface area contributed by atoms with Crippen LogP contribution in [0.15, 0.2) is 48.5 Å². The molecule has 6 nitrogen and oxygen atoms in total. The lowest BCUT2D eigenvalue weighted by Gasteiger charge is -2.24. The molecule has 2 aromatic rings. The number of carbonyl (C=O) groups excluding carboxylic acids is 2. The van der Waals surface area contributed by atoms with Crippen LogP contribution in [-0.4, -0.2) is 31.6 Å². The zero-order valence-corrected chi connectivity index (χ0v) is 17.7. The fourth-order valence-corrected chi connectivity index (χ4v) is 2.75. The predicted octanol–water partition coefficient (Wildman–Crippen LogP) is 3.81. The molecule has 6 heteroatoms. The number of anilines is 1. The summed E-state index contributed by atoms with van der Waals surface area (Å²) in [6.07, 6.45) is 0.581. The van der Waals surface area contributed by atoms with E-state index in [2.05, 4.69) is 10.6 Å². The highest BCUT2D eigenvalue weighted by Gasteiger charge is 2.36. The number of amides is 2. The van der Waals surface area contributed by atoms with E-state index < -0.39 is 11.3 Å². The van der Waals surface area contributed by atoms with Crippen LogP contribution in [0.3, 0.4) is 0 Å². The summed E-state index contributed by atoms with van der Waals surface area (Å²) in [7, 11) is 1.62. The molecule has 0 heterocycles. The van der Waals surface area contributed by atoms with Gasteiger partial charge in [-0.3, -0.25) is 9.59 Å². The first-order valence-corrected chi connectivity index (χ1v) is 9.73. The molecule has 2 amide bonds. The van der Waals surface area contributed by atoms with Crippen LogP contribution in [0.5, 0.6) is 11.5 Å². The van der Waals surface area contributed by atoms with Gasteiger partial charge >= 0.3 is 0 Å². The maximum atomic E-state index is 12.8. The molecule has 2 rings (SSSR count). The van der Waals surface area contributed by atoms with Crippen molar-refractivity contribution < 1.29 is 19.1 Å². The van der Waals surface area contributed by atoms with Crippen LogP contribution >= 0.6 is 0 Å². The van der Waals surface area contributed by atoms with E-state index in [-0.39, 0.29) is 12.0 Å². The number of methoxy groups -OCH3 is 1. The Bertz CT molecular complexity index is 846. The maximum Gasteiger partial charge on any atom is 0.239 e. The van der Waals surface area contributed by atoms with E-state index in [4.69, 9.17) is 9.47 Å². The second kappa shape index (κ2) is 9.96. The number of nitrogens with one attached hydrogen (secondary N) is 2. The average molecular weight is 399 g/mol. The molecule has 29 heavy (non-hydrogen) atoms. The van der Waals surface area contributed by atoms with Crippen molar-refractivity contribution in [3.05, 3.63) is 54.1 Å². The third-order valence-electron chi connectivity index (χ3n) is 4.51. The quantitative estimate of drug-likeness (QED) is 0.630. The normalized spacial score (nSPS) is 11.1. The second-order valence-electron chi connectivity index (χ2n) is 7.56. The Labute approximate surface area is 172 Å². The summed E-state index contributed by atoms with van der Waals surface area (Å²) in [5.74, 6) is 0.614. The number of hydrogen-bond donors (Lipinski definition) is 2. The Kier molecular flexibility index (Phi) is 7.65. The maximum absolute atomic E-state index is 12.8. The molecule has 0 aromatic heterocycles. The van der Waals surface area contributed by atoms with Crippen molar-refractivity contribution in [3.8, 4) is 11.5 Å². The van der Waals surface area contributed by atoms with Crippen molar-refractivity contribution in [2.24, 2.45) is 5.41 Å². The molecule has 0 aliphatic rings. The lowest BCUT2D eigenvalue weighted by molar-refractivity contribution is -0.138. The zero-order valence-electron chi connectivity index (χ0n) is 17.7. The Balaban J connectivity index is 1.98. The standard InChI is InChI=1S/C23H30N2O4/c1-16(2)29-20-13-9-7-11-18(20)25-22(27)23(3,4)21(26)24-15-14-17-10-6-8-12-19(17)28-5/h6-13,16H,14-15H2,1-5H3,(H,24,26)(H,25,27). The highest BCUT2D eigenvalue weighted by molar-refractivity contribution is 6.10. The third-order valence-corrected chi connectivity index (χ3v) is 4.51. The molecule has 0 spiro atoms. The molecule has 0 radical (unpaired) electrons. The minimum absolute atomic E-state index is 0.0284. The lowest BCUT2D eigenvalue weighted by Crippen LogP contribution is -2.45. The molecule has 2 N–H and O–H groups in total. The number of benzene rings is 2. The number of ether oxygens (including phenoxy) is 2. The number of rotatable bonds is 9. The first-order valence-electron chi connectivity index (χ1n) is 9.73. The third kappa shape index (κ3) is 5.98. The van der Waals surface area contributed by atoms with Crippen LogP contribution < -0.4 is 20.1 Å². The van der Waals surface area contributed by atoms with Gasteiger partial charge in [-0.1, -0.05) is 30.3 Å². The molecule has 0 aliphatic carbocycles. The van der Waals surface area contributed by atoms with Crippen molar-refractivity contribution in [1.29, 1.82) is 0 Å². The van der Waals surface area contributed by atoms with Crippen molar-refractivity contribution >= 4 is 17.5 Å². The Hall–Kier alpha value is -3.02. The van der Waals surface area contributed by atoms with E-state index in [0.29, 0.717) is 24.4 Å². The van der Waals surface area contributed by atoms with Gasteiger partial charge in [0.05, 0.1) is 18.9 Å². The summed E-state index contributed by atoms with van der Waals surface area (Å²) < 4.78 is 11.1. The smallest absolute Gasteiger partial charge is 0.239 e. The van der Waals surface area contributed by atoms with Crippen LogP contribution in [0.25, 0.3) is 0 Å². The van der Waals surface area contributed by atoms with Gasteiger partial charge in [0.15, 0.2) is 0 Å².